The highest BCUT2D eigenvalue weighted by molar-refractivity contribution is 5.15. The Morgan fingerprint density at radius 2 is 2.23 bits per heavy atom. The van der Waals surface area contributed by atoms with Gasteiger partial charge in [-0.25, -0.2) is 0 Å². The van der Waals surface area contributed by atoms with Gasteiger partial charge in [0.25, 0.3) is 0 Å². The van der Waals surface area contributed by atoms with Crippen LogP contribution in [0.1, 0.15) is 36.3 Å². The minimum Gasteiger partial charge on any atom is -0.472 e. The van der Waals surface area contributed by atoms with E-state index in [1.165, 1.54) is 11.1 Å². The molecule has 4 heterocycles. The maximum absolute atomic E-state index is 6.26. The Morgan fingerprint density at radius 1 is 1.36 bits per heavy atom. The van der Waals surface area contributed by atoms with E-state index in [2.05, 4.69) is 22.3 Å². The van der Waals surface area contributed by atoms with Crippen LogP contribution in [-0.2, 0) is 18.3 Å². The number of likely N-dealkylation sites (tertiary alicyclic amines) is 1. The molecule has 0 N–H and O–H groups in total. The van der Waals surface area contributed by atoms with Gasteiger partial charge >= 0.3 is 0 Å². The average Bonchev–Trinajstić information content (AvgIpc) is 3.24. The van der Waals surface area contributed by atoms with Crippen LogP contribution in [0.25, 0.3) is 0 Å². The van der Waals surface area contributed by atoms with Crippen LogP contribution in [0.5, 0.6) is 0 Å². The van der Waals surface area contributed by atoms with Gasteiger partial charge in [0.15, 0.2) is 0 Å². The van der Waals surface area contributed by atoms with Crippen LogP contribution < -0.4 is 0 Å². The van der Waals surface area contributed by atoms with Crippen LogP contribution in [0.4, 0.5) is 0 Å². The highest BCUT2D eigenvalue weighted by atomic mass is 16.5. The summed E-state index contributed by atoms with van der Waals surface area (Å²) in [5, 5.41) is 4.29. The standard InChI is InChI=1S/C17H23N3O2/c1-19-11-16(9-18-19)15-8-17(22-13-15)3-5-20(6-4-17)10-14-2-7-21-12-14/h2,7,9,11-12,15H,3-6,8,10,13H2,1H3/t15-/m0/s1. The van der Waals surface area contributed by atoms with Crippen LogP contribution in [-0.4, -0.2) is 40.0 Å². The summed E-state index contributed by atoms with van der Waals surface area (Å²) in [5.74, 6) is 0.508. The van der Waals surface area contributed by atoms with Crippen molar-refractivity contribution in [1.82, 2.24) is 14.7 Å². The molecule has 2 aromatic heterocycles. The Hall–Kier alpha value is -1.59. The first-order valence-electron chi connectivity index (χ1n) is 8.08. The molecule has 0 saturated carbocycles. The molecule has 0 amide bonds. The zero-order valence-corrected chi connectivity index (χ0v) is 13.1. The number of piperidine rings is 1. The fourth-order valence-electron chi connectivity index (χ4n) is 3.82. The molecule has 2 aromatic rings. The van der Waals surface area contributed by atoms with Crippen molar-refractivity contribution >= 4 is 0 Å². The van der Waals surface area contributed by atoms with Crippen molar-refractivity contribution in [1.29, 1.82) is 0 Å². The summed E-state index contributed by atoms with van der Waals surface area (Å²) in [6.07, 6.45) is 11.1. The second-order valence-electron chi connectivity index (χ2n) is 6.75. The van der Waals surface area contributed by atoms with Gasteiger partial charge in [-0.3, -0.25) is 9.58 Å². The predicted molar refractivity (Wildman–Crippen MR) is 82.5 cm³/mol. The first-order chi connectivity index (χ1) is 10.7. The SMILES string of the molecule is Cn1cc([C@@H]2COC3(CCN(Cc4ccoc4)CC3)C2)cn1. The second kappa shape index (κ2) is 5.56. The Bertz CT molecular complexity index is 612. The third-order valence-corrected chi connectivity index (χ3v) is 5.16. The second-order valence-corrected chi connectivity index (χ2v) is 6.75. The van der Waals surface area contributed by atoms with E-state index in [4.69, 9.17) is 9.15 Å². The van der Waals surface area contributed by atoms with Gasteiger partial charge in [-0.15, -0.1) is 0 Å². The van der Waals surface area contributed by atoms with Gasteiger partial charge in [0.2, 0.25) is 0 Å². The summed E-state index contributed by atoms with van der Waals surface area (Å²) in [4.78, 5) is 2.50. The molecule has 2 aliphatic rings. The van der Waals surface area contributed by atoms with E-state index in [1.54, 1.807) is 6.26 Å². The smallest absolute Gasteiger partial charge is 0.0947 e. The van der Waals surface area contributed by atoms with Gasteiger partial charge in [0.1, 0.15) is 0 Å². The number of nitrogens with zero attached hydrogens (tertiary/aromatic N) is 3. The number of hydrogen-bond donors (Lipinski definition) is 0. The molecule has 5 heteroatoms. The van der Waals surface area contributed by atoms with Crippen LogP contribution >= 0.6 is 0 Å². The van der Waals surface area contributed by atoms with Crippen molar-refractivity contribution in [2.45, 2.75) is 37.3 Å². The fraction of sp³-hybridized carbons (Fsp3) is 0.588. The molecule has 0 aliphatic carbocycles. The van der Waals surface area contributed by atoms with Crippen LogP contribution in [0.15, 0.2) is 35.4 Å². The van der Waals surface area contributed by atoms with Crippen molar-refractivity contribution < 1.29 is 9.15 Å². The summed E-state index contributed by atoms with van der Waals surface area (Å²) < 4.78 is 13.3. The van der Waals surface area contributed by atoms with E-state index in [0.717, 1.165) is 45.5 Å². The van der Waals surface area contributed by atoms with Crippen molar-refractivity contribution in [3.8, 4) is 0 Å². The van der Waals surface area contributed by atoms with Crippen LogP contribution in [0, 0.1) is 0 Å². The molecular weight excluding hydrogens is 278 g/mol. The molecule has 0 radical (unpaired) electrons. The van der Waals surface area contributed by atoms with Crippen molar-refractivity contribution in [3.05, 3.63) is 42.1 Å². The van der Waals surface area contributed by atoms with E-state index in [1.807, 2.05) is 24.2 Å². The van der Waals surface area contributed by atoms with E-state index < -0.39 is 0 Å². The van der Waals surface area contributed by atoms with E-state index in [0.29, 0.717) is 5.92 Å². The van der Waals surface area contributed by atoms with Gasteiger partial charge in [-0.1, -0.05) is 0 Å². The first kappa shape index (κ1) is 14.0. The third kappa shape index (κ3) is 2.71. The summed E-state index contributed by atoms with van der Waals surface area (Å²) in [6.45, 7) is 4.03. The molecule has 2 fully saturated rings. The highest BCUT2D eigenvalue weighted by Gasteiger charge is 2.43. The number of aryl methyl sites for hydroxylation is 1. The van der Waals surface area contributed by atoms with Gasteiger partial charge in [0, 0.05) is 44.4 Å². The molecule has 5 nitrogen and oxygen atoms in total. The summed E-state index contributed by atoms with van der Waals surface area (Å²) >= 11 is 0. The Kier molecular flexibility index (Phi) is 3.54. The van der Waals surface area contributed by atoms with E-state index in [-0.39, 0.29) is 5.60 Å². The molecule has 0 aromatic carbocycles. The van der Waals surface area contributed by atoms with Gasteiger partial charge in [0.05, 0.1) is 30.9 Å². The number of hydrogen-bond acceptors (Lipinski definition) is 4. The highest BCUT2D eigenvalue weighted by Crippen LogP contribution is 2.42. The lowest BCUT2D eigenvalue weighted by Crippen LogP contribution is -2.43. The van der Waals surface area contributed by atoms with Gasteiger partial charge in [-0.05, 0) is 30.9 Å². The zero-order chi connectivity index (χ0) is 15.0. The Balaban J connectivity index is 1.35. The molecule has 2 aliphatic heterocycles. The number of furan rings is 1. The van der Waals surface area contributed by atoms with Gasteiger partial charge < -0.3 is 9.15 Å². The molecule has 0 bridgehead atoms. The van der Waals surface area contributed by atoms with Crippen LogP contribution in [0.2, 0.25) is 0 Å². The summed E-state index contributed by atoms with van der Waals surface area (Å²) in [7, 11) is 1.98. The van der Waals surface area contributed by atoms with Gasteiger partial charge in [-0.2, -0.15) is 5.10 Å². The monoisotopic (exact) mass is 301 g/mol. The largest absolute Gasteiger partial charge is 0.472 e. The topological polar surface area (TPSA) is 43.4 Å². The molecule has 0 unspecified atom stereocenters. The lowest BCUT2D eigenvalue weighted by Gasteiger charge is -2.38. The number of ether oxygens (including phenoxy) is 1. The molecule has 1 spiro atoms. The average molecular weight is 301 g/mol. The molecule has 2 saturated heterocycles. The Morgan fingerprint density at radius 3 is 2.91 bits per heavy atom. The van der Waals surface area contributed by atoms with E-state index >= 15 is 0 Å². The minimum absolute atomic E-state index is 0.0907. The number of aromatic nitrogens is 2. The lowest BCUT2D eigenvalue weighted by molar-refractivity contribution is -0.0448. The first-order valence-corrected chi connectivity index (χ1v) is 8.08. The van der Waals surface area contributed by atoms with Crippen molar-refractivity contribution in [2.75, 3.05) is 19.7 Å². The molecular formula is C17H23N3O2. The fourth-order valence-corrected chi connectivity index (χ4v) is 3.82. The predicted octanol–water partition coefficient (Wildman–Crippen LogP) is 2.55. The number of rotatable bonds is 3. The molecule has 118 valence electrons. The van der Waals surface area contributed by atoms with Crippen LogP contribution in [0.3, 0.4) is 0 Å². The molecule has 4 rings (SSSR count). The van der Waals surface area contributed by atoms with E-state index in [9.17, 15) is 0 Å². The normalized spacial score (nSPS) is 25.0. The quantitative estimate of drug-likeness (QED) is 0.874. The maximum atomic E-state index is 6.26. The molecule has 22 heavy (non-hydrogen) atoms. The third-order valence-electron chi connectivity index (χ3n) is 5.16. The zero-order valence-electron chi connectivity index (χ0n) is 13.1. The summed E-state index contributed by atoms with van der Waals surface area (Å²) in [6, 6.07) is 2.05. The lowest BCUT2D eigenvalue weighted by atomic mass is 9.84. The molecule has 1 atom stereocenters. The maximum Gasteiger partial charge on any atom is 0.0947 e. The van der Waals surface area contributed by atoms with Crippen molar-refractivity contribution in [2.24, 2.45) is 7.05 Å². The minimum atomic E-state index is 0.0907. The van der Waals surface area contributed by atoms with Crippen molar-refractivity contribution in [3.63, 3.8) is 0 Å². The summed E-state index contributed by atoms with van der Waals surface area (Å²) in [5.41, 5.74) is 2.67. The Labute approximate surface area is 130 Å².